The minimum atomic E-state index is -0.847. The predicted molar refractivity (Wildman–Crippen MR) is 58.5 cm³/mol. The highest BCUT2D eigenvalue weighted by Gasteiger charge is 2.17. The molecule has 0 spiro atoms. The lowest BCUT2D eigenvalue weighted by molar-refractivity contribution is -0.138. The molecule has 0 aliphatic heterocycles. The average Bonchev–Trinajstić information content (AvgIpc) is 2.27. The second kappa shape index (κ2) is 4.68. The molecule has 4 nitrogen and oxygen atoms in total. The van der Waals surface area contributed by atoms with Gasteiger partial charge in [0.1, 0.15) is 11.8 Å². The highest BCUT2D eigenvalue weighted by atomic mass is 16.5. The quantitative estimate of drug-likeness (QED) is 0.818. The van der Waals surface area contributed by atoms with E-state index in [1.54, 1.807) is 32.0 Å². The molecule has 0 fully saturated rings. The van der Waals surface area contributed by atoms with Crippen molar-refractivity contribution < 1.29 is 14.6 Å². The molecule has 15 heavy (non-hydrogen) atoms. The van der Waals surface area contributed by atoms with Gasteiger partial charge in [-0.05, 0) is 19.1 Å². The van der Waals surface area contributed by atoms with Crippen LogP contribution in [0.15, 0.2) is 24.3 Å². The zero-order valence-electron chi connectivity index (χ0n) is 9.10. The van der Waals surface area contributed by atoms with Gasteiger partial charge < -0.3 is 14.7 Å². The number of hydrogen-bond donors (Lipinski definition) is 1. The molecule has 0 radical (unpaired) electrons. The number of anilines is 1. The van der Waals surface area contributed by atoms with Gasteiger partial charge in [0, 0.05) is 18.8 Å². The number of carbonyl (C=O) groups is 1. The number of carboxylic acids is 1. The van der Waals surface area contributed by atoms with Gasteiger partial charge in [0.2, 0.25) is 0 Å². The van der Waals surface area contributed by atoms with Crippen LogP contribution in [-0.2, 0) is 4.79 Å². The maximum absolute atomic E-state index is 10.8. The van der Waals surface area contributed by atoms with Crippen LogP contribution in [0.25, 0.3) is 0 Å². The zero-order valence-corrected chi connectivity index (χ0v) is 9.10. The number of hydrogen-bond acceptors (Lipinski definition) is 3. The number of rotatable bonds is 4. The van der Waals surface area contributed by atoms with Crippen LogP contribution in [0.3, 0.4) is 0 Å². The Morgan fingerprint density at radius 1 is 1.53 bits per heavy atom. The van der Waals surface area contributed by atoms with Gasteiger partial charge in [-0.3, -0.25) is 0 Å². The Balaban J connectivity index is 2.90. The lowest BCUT2D eigenvalue weighted by Gasteiger charge is -2.23. The molecular formula is C11H15NO3. The van der Waals surface area contributed by atoms with Crippen LogP contribution < -0.4 is 9.64 Å². The number of ether oxygens (including phenoxy) is 1. The molecule has 0 aromatic heterocycles. The van der Waals surface area contributed by atoms with Gasteiger partial charge in [-0.15, -0.1) is 0 Å². The highest BCUT2D eigenvalue weighted by Crippen LogP contribution is 2.21. The van der Waals surface area contributed by atoms with Crippen LogP contribution in [0.2, 0.25) is 0 Å². The van der Waals surface area contributed by atoms with Gasteiger partial charge in [-0.1, -0.05) is 6.07 Å². The van der Waals surface area contributed by atoms with Crippen molar-refractivity contribution in [2.24, 2.45) is 0 Å². The molecule has 0 unspecified atom stereocenters. The Morgan fingerprint density at radius 2 is 2.20 bits per heavy atom. The van der Waals surface area contributed by atoms with Gasteiger partial charge in [0.25, 0.3) is 0 Å². The maximum atomic E-state index is 10.8. The van der Waals surface area contributed by atoms with E-state index in [0.717, 1.165) is 11.4 Å². The van der Waals surface area contributed by atoms with Crippen LogP contribution in [0, 0.1) is 0 Å². The first-order valence-corrected chi connectivity index (χ1v) is 4.66. The first-order valence-electron chi connectivity index (χ1n) is 4.66. The number of aliphatic carboxylic acids is 1. The zero-order chi connectivity index (χ0) is 11.4. The number of methoxy groups -OCH3 is 1. The molecule has 0 bridgehead atoms. The largest absolute Gasteiger partial charge is 0.497 e. The Bertz CT molecular complexity index is 351. The molecule has 0 aliphatic rings. The summed E-state index contributed by atoms with van der Waals surface area (Å²) in [7, 11) is 3.33. The van der Waals surface area contributed by atoms with E-state index >= 15 is 0 Å². The molecular weight excluding hydrogens is 194 g/mol. The summed E-state index contributed by atoms with van der Waals surface area (Å²) >= 11 is 0. The summed E-state index contributed by atoms with van der Waals surface area (Å²) in [4.78, 5) is 12.5. The van der Waals surface area contributed by atoms with Crippen molar-refractivity contribution in [1.82, 2.24) is 0 Å². The van der Waals surface area contributed by atoms with Gasteiger partial charge >= 0.3 is 5.97 Å². The molecule has 4 heteroatoms. The van der Waals surface area contributed by atoms with Crippen LogP contribution in [-0.4, -0.2) is 31.3 Å². The average molecular weight is 209 g/mol. The summed E-state index contributed by atoms with van der Waals surface area (Å²) in [6.07, 6.45) is 0. The van der Waals surface area contributed by atoms with Gasteiger partial charge in [0.15, 0.2) is 0 Å². The molecule has 0 amide bonds. The number of benzene rings is 1. The summed E-state index contributed by atoms with van der Waals surface area (Å²) < 4.78 is 5.07. The summed E-state index contributed by atoms with van der Waals surface area (Å²) in [6.45, 7) is 1.64. The molecule has 1 atom stereocenters. The van der Waals surface area contributed by atoms with Crippen LogP contribution in [0.4, 0.5) is 5.69 Å². The van der Waals surface area contributed by atoms with Crippen molar-refractivity contribution in [3.8, 4) is 5.75 Å². The molecule has 1 N–H and O–H groups in total. The molecule has 1 aromatic carbocycles. The van der Waals surface area contributed by atoms with Crippen molar-refractivity contribution in [2.75, 3.05) is 19.1 Å². The third-order valence-electron chi connectivity index (χ3n) is 2.40. The van der Waals surface area contributed by atoms with Gasteiger partial charge in [0.05, 0.1) is 7.11 Å². The normalized spacial score (nSPS) is 11.9. The van der Waals surface area contributed by atoms with E-state index in [0.29, 0.717) is 0 Å². The molecule has 0 heterocycles. The molecule has 0 saturated heterocycles. The van der Waals surface area contributed by atoms with Crippen LogP contribution in [0.5, 0.6) is 5.75 Å². The monoisotopic (exact) mass is 209 g/mol. The summed E-state index contributed by atoms with van der Waals surface area (Å²) in [6, 6.07) is 6.75. The van der Waals surface area contributed by atoms with E-state index in [1.807, 2.05) is 18.2 Å². The number of nitrogens with zero attached hydrogens (tertiary/aromatic N) is 1. The van der Waals surface area contributed by atoms with Crippen molar-refractivity contribution in [2.45, 2.75) is 13.0 Å². The standard InChI is InChI=1S/C11H15NO3/c1-8(11(13)14)12(2)9-5-4-6-10(7-9)15-3/h4-8H,1-3H3,(H,13,14)/t8-/m1/s1. The van der Waals surface area contributed by atoms with Gasteiger partial charge in [-0.2, -0.15) is 0 Å². The minimum Gasteiger partial charge on any atom is -0.497 e. The summed E-state index contributed by atoms with van der Waals surface area (Å²) in [5.74, 6) is -0.128. The number of likely N-dealkylation sites (N-methyl/N-ethyl adjacent to an activating group) is 1. The highest BCUT2D eigenvalue weighted by molar-refractivity contribution is 5.77. The lowest BCUT2D eigenvalue weighted by Crippen LogP contribution is -2.35. The first-order chi connectivity index (χ1) is 7.06. The SMILES string of the molecule is COc1cccc(N(C)[C@H](C)C(=O)O)c1. The van der Waals surface area contributed by atoms with E-state index in [4.69, 9.17) is 9.84 Å². The van der Waals surface area contributed by atoms with E-state index in [-0.39, 0.29) is 0 Å². The van der Waals surface area contributed by atoms with E-state index in [2.05, 4.69) is 0 Å². The van der Waals surface area contributed by atoms with E-state index in [1.165, 1.54) is 0 Å². The first kappa shape index (κ1) is 11.4. The third kappa shape index (κ3) is 2.62. The molecule has 0 aliphatic carbocycles. The fraction of sp³-hybridized carbons (Fsp3) is 0.364. The van der Waals surface area contributed by atoms with E-state index < -0.39 is 12.0 Å². The maximum Gasteiger partial charge on any atom is 0.326 e. The second-order valence-electron chi connectivity index (χ2n) is 3.33. The predicted octanol–water partition coefficient (Wildman–Crippen LogP) is 1.60. The molecule has 1 rings (SSSR count). The lowest BCUT2D eigenvalue weighted by atomic mass is 10.2. The minimum absolute atomic E-state index is 0.558. The molecule has 1 aromatic rings. The van der Waals surface area contributed by atoms with E-state index in [9.17, 15) is 4.79 Å². The Kier molecular flexibility index (Phi) is 3.55. The van der Waals surface area contributed by atoms with Crippen LogP contribution in [0.1, 0.15) is 6.92 Å². The Morgan fingerprint density at radius 3 is 2.73 bits per heavy atom. The third-order valence-corrected chi connectivity index (χ3v) is 2.40. The Hall–Kier alpha value is -1.71. The summed E-state index contributed by atoms with van der Waals surface area (Å²) in [5, 5.41) is 8.87. The van der Waals surface area contributed by atoms with Crippen LogP contribution >= 0.6 is 0 Å². The molecule has 82 valence electrons. The second-order valence-corrected chi connectivity index (χ2v) is 3.33. The van der Waals surface area contributed by atoms with Crippen molar-refractivity contribution >= 4 is 11.7 Å². The smallest absolute Gasteiger partial charge is 0.326 e. The van der Waals surface area contributed by atoms with Crippen molar-refractivity contribution in [3.05, 3.63) is 24.3 Å². The van der Waals surface area contributed by atoms with Crippen molar-refractivity contribution in [3.63, 3.8) is 0 Å². The topological polar surface area (TPSA) is 49.8 Å². The van der Waals surface area contributed by atoms with Crippen molar-refractivity contribution in [1.29, 1.82) is 0 Å². The molecule has 0 saturated carbocycles. The fourth-order valence-corrected chi connectivity index (χ4v) is 1.22. The summed E-state index contributed by atoms with van der Waals surface area (Å²) in [5.41, 5.74) is 0.823. The number of carboxylic acid groups (broad SMARTS) is 1. The Labute approximate surface area is 89.1 Å². The fourth-order valence-electron chi connectivity index (χ4n) is 1.22. The van der Waals surface area contributed by atoms with Gasteiger partial charge in [-0.25, -0.2) is 4.79 Å².